The summed E-state index contributed by atoms with van der Waals surface area (Å²) in [5.41, 5.74) is 8.38. The van der Waals surface area contributed by atoms with Crippen LogP contribution in [0.5, 0.6) is 0 Å². The Hall–Kier alpha value is -3.92. The fourth-order valence-corrected chi connectivity index (χ4v) is 4.90. The van der Waals surface area contributed by atoms with E-state index in [9.17, 15) is 14.4 Å². The summed E-state index contributed by atoms with van der Waals surface area (Å²) in [4.78, 5) is 51.0. The van der Waals surface area contributed by atoms with Gasteiger partial charge in [0.1, 0.15) is 11.9 Å². The van der Waals surface area contributed by atoms with Crippen LogP contribution in [0.15, 0.2) is 48.9 Å². The summed E-state index contributed by atoms with van der Waals surface area (Å²) in [5, 5.41) is 3.48. The number of imidazole rings is 1. The third-order valence-corrected chi connectivity index (χ3v) is 6.97. The number of hydrogen-bond donors (Lipinski definition) is 2. The molecular formula is C26H30ClN7O3. The van der Waals surface area contributed by atoms with Crippen LogP contribution in [0.2, 0.25) is 5.02 Å². The number of carbonyl (C=O) groups is 3. The summed E-state index contributed by atoms with van der Waals surface area (Å²) < 4.78 is 1.69. The minimum atomic E-state index is -1.01. The van der Waals surface area contributed by atoms with Gasteiger partial charge in [-0.2, -0.15) is 0 Å². The van der Waals surface area contributed by atoms with E-state index in [2.05, 4.69) is 15.3 Å². The van der Waals surface area contributed by atoms with Crippen LogP contribution in [0.3, 0.4) is 0 Å². The molecule has 0 bridgehead atoms. The largest absolute Gasteiger partial charge is 0.384 e. The molecule has 3 aromatic rings. The van der Waals surface area contributed by atoms with Crippen LogP contribution >= 0.6 is 11.6 Å². The first kappa shape index (κ1) is 26.2. The minimum Gasteiger partial charge on any atom is -0.384 e. The van der Waals surface area contributed by atoms with Crippen molar-refractivity contribution in [1.29, 1.82) is 0 Å². The first-order chi connectivity index (χ1) is 17.6. The van der Waals surface area contributed by atoms with E-state index in [1.54, 1.807) is 61.5 Å². The SMILES string of the molecule is CC[C@@H](NC(=O)N1C(=O)[C@H](Cc2ccnc(N)c2)[C@H]1C(=O)N(C)c1nccn1C)c1cc(Cl)ccc1C. The van der Waals surface area contributed by atoms with Gasteiger partial charge in [0.25, 0.3) is 5.91 Å². The van der Waals surface area contributed by atoms with Crippen molar-refractivity contribution >= 4 is 41.2 Å². The molecule has 1 aliphatic rings. The number of halogens is 1. The molecule has 0 spiro atoms. The molecule has 4 rings (SSSR count). The van der Waals surface area contributed by atoms with Crippen LogP contribution in [0.1, 0.15) is 36.1 Å². The third-order valence-electron chi connectivity index (χ3n) is 6.74. The van der Waals surface area contributed by atoms with E-state index in [4.69, 9.17) is 17.3 Å². The Morgan fingerprint density at radius 1 is 1.22 bits per heavy atom. The molecule has 1 fully saturated rings. The van der Waals surface area contributed by atoms with E-state index in [1.165, 1.54) is 4.90 Å². The molecule has 2 aromatic heterocycles. The second-order valence-electron chi connectivity index (χ2n) is 9.20. The molecule has 37 heavy (non-hydrogen) atoms. The predicted molar refractivity (Wildman–Crippen MR) is 141 cm³/mol. The van der Waals surface area contributed by atoms with E-state index in [1.807, 2.05) is 19.9 Å². The molecule has 11 heteroatoms. The molecule has 0 aliphatic carbocycles. The number of nitrogens with zero attached hydrogens (tertiary/aromatic N) is 5. The van der Waals surface area contributed by atoms with E-state index >= 15 is 0 Å². The molecule has 3 heterocycles. The second kappa shape index (κ2) is 10.6. The number of carbonyl (C=O) groups excluding carboxylic acids is 3. The topological polar surface area (TPSA) is 126 Å². The average Bonchev–Trinajstić information content (AvgIpc) is 3.30. The maximum Gasteiger partial charge on any atom is 0.325 e. The molecule has 0 saturated carbocycles. The summed E-state index contributed by atoms with van der Waals surface area (Å²) in [6.07, 6.45) is 5.65. The van der Waals surface area contributed by atoms with Gasteiger partial charge in [-0.1, -0.05) is 24.6 Å². The highest BCUT2D eigenvalue weighted by atomic mass is 35.5. The van der Waals surface area contributed by atoms with Gasteiger partial charge < -0.3 is 15.6 Å². The molecule has 0 radical (unpaired) electrons. The van der Waals surface area contributed by atoms with Crippen molar-refractivity contribution in [3.8, 4) is 0 Å². The zero-order valence-electron chi connectivity index (χ0n) is 21.2. The summed E-state index contributed by atoms with van der Waals surface area (Å²) in [6, 6.07) is 6.84. The van der Waals surface area contributed by atoms with Crippen LogP contribution in [-0.4, -0.2) is 50.4 Å². The lowest BCUT2D eigenvalue weighted by Crippen LogP contribution is -2.70. The zero-order chi connectivity index (χ0) is 26.9. The summed E-state index contributed by atoms with van der Waals surface area (Å²) in [5.74, 6) is -0.872. The van der Waals surface area contributed by atoms with E-state index in [0.29, 0.717) is 23.2 Å². The van der Waals surface area contributed by atoms with Crippen LogP contribution < -0.4 is 16.0 Å². The molecule has 3 atom stereocenters. The predicted octanol–water partition coefficient (Wildman–Crippen LogP) is 3.25. The Morgan fingerprint density at radius 2 is 1.97 bits per heavy atom. The monoisotopic (exact) mass is 523 g/mol. The number of benzene rings is 1. The fourth-order valence-electron chi connectivity index (χ4n) is 4.71. The standard InChI is InChI=1S/C26H30ClN7O3/c1-5-20(18-14-17(27)7-6-15(18)2)31-26(37)34-22(24(36)33(4)25-30-10-11-32(25)3)19(23(34)35)12-16-8-9-29-21(28)13-16/h6-11,13-14,19-20,22H,5,12H2,1-4H3,(H2,28,29)(H,31,37)/t19-,20-,22+/m1/s1. The van der Waals surface area contributed by atoms with Crippen LogP contribution in [0.25, 0.3) is 0 Å². The van der Waals surface area contributed by atoms with Crippen molar-refractivity contribution in [2.45, 2.75) is 38.8 Å². The van der Waals surface area contributed by atoms with Crippen molar-refractivity contribution in [1.82, 2.24) is 24.8 Å². The molecule has 1 saturated heterocycles. The van der Waals surface area contributed by atoms with Crippen LogP contribution in [0.4, 0.5) is 16.6 Å². The number of likely N-dealkylation sites (N-methyl/N-ethyl adjacent to an activating group) is 1. The number of urea groups is 1. The number of imide groups is 1. The number of rotatable bonds is 7. The first-order valence-corrected chi connectivity index (χ1v) is 12.3. The van der Waals surface area contributed by atoms with Gasteiger partial charge in [-0.05, 0) is 60.7 Å². The number of hydrogen-bond acceptors (Lipinski definition) is 6. The minimum absolute atomic E-state index is 0.241. The molecule has 3 N–H and O–H groups in total. The second-order valence-corrected chi connectivity index (χ2v) is 9.64. The normalized spacial score (nSPS) is 17.8. The lowest BCUT2D eigenvalue weighted by molar-refractivity contribution is -0.156. The lowest BCUT2D eigenvalue weighted by atomic mass is 9.81. The van der Waals surface area contributed by atoms with Crippen molar-refractivity contribution in [3.05, 3.63) is 70.6 Å². The number of nitrogen functional groups attached to an aromatic ring is 1. The summed E-state index contributed by atoms with van der Waals surface area (Å²) >= 11 is 6.20. The van der Waals surface area contributed by atoms with Crippen LogP contribution in [-0.2, 0) is 23.1 Å². The highest BCUT2D eigenvalue weighted by Gasteiger charge is 2.55. The van der Waals surface area contributed by atoms with Crippen molar-refractivity contribution in [3.63, 3.8) is 0 Å². The van der Waals surface area contributed by atoms with Gasteiger partial charge in [-0.3, -0.25) is 19.4 Å². The number of likely N-dealkylation sites (tertiary alicyclic amines) is 1. The highest BCUT2D eigenvalue weighted by molar-refractivity contribution is 6.30. The number of amides is 4. The smallest absolute Gasteiger partial charge is 0.325 e. The van der Waals surface area contributed by atoms with E-state index < -0.39 is 29.8 Å². The number of anilines is 2. The molecular weight excluding hydrogens is 494 g/mol. The molecule has 1 aromatic carbocycles. The van der Waals surface area contributed by atoms with Gasteiger partial charge in [0.05, 0.1) is 12.0 Å². The number of β-lactam (4-membered cyclic amide) rings is 1. The molecule has 4 amide bonds. The van der Waals surface area contributed by atoms with Gasteiger partial charge in [0, 0.05) is 37.7 Å². The summed E-state index contributed by atoms with van der Waals surface area (Å²) in [6.45, 7) is 3.86. The highest BCUT2D eigenvalue weighted by Crippen LogP contribution is 2.33. The van der Waals surface area contributed by atoms with E-state index in [0.717, 1.165) is 21.6 Å². The van der Waals surface area contributed by atoms with Gasteiger partial charge in [-0.25, -0.2) is 14.8 Å². The Morgan fingerprint density at radius 3 is 2.62 bits per heavy atom. The summed E-state index contributed by atoms with van der Waals surface area (Å²) in [7, 11) is 3.34. The number of aryl methyl sites for hydroxylation is 2. The fraction of sp³-hybridized carbons (Fsp3) is 0.346. The van der Waals surface area contributed by atoms with Crippen molar-refractivity contribution < 1.29 is 14.4 Å². The van der Waals surface area contributed by atoms with E-state index in [-0.39, 0.29) is 12.5 Å². The lowest BCUT2D eigenvalue weighted by Gasteiger charge is -2.45. The first-order valence-electron chi connectivity index (χ1n) is 12.0. The maximum atomic E-state index is 13.7. The van der Waals surface area contributed by atoms with Gasteiger partial charge in [0.15, 0.2) is 0 Å². The van der Waals surface area contributed by atoms with Crippen molar-refractivity contribution in [2.75, 3.05) is 17.7 Å². The Labute approximate surface area is 220 Å². The number of aromatic nitrogens is 3. The molecule has 1 aliphatic heterocycles. The van der Waals surface area contributed by atoms with Crippen molar-refractivity contribution in [2.24, 2.45) is 13.0 Å². The zero-order valence-corrected chi connectivity index (χ0v) is 21.9. The Balaban J connectivity index is 1.62. The number of pyridine rings is 1. The Bertz CT molecular complexity index is 1340. The van der Waals surface area contributed by atoms with Gasteiger partial charge in [0.2, 0.25) is 11.9 Å². The molecule has 0 unspecified atom stereocenters. The molecule has 10 nitrogen and oxygen atoms in total. The molecule has 194 valence electrons. The maximum absolute atomic E-state index is 13.7. The van der Waals surface area contributed by atoms with Crippen LogP contribution in [0, 0.1) is 12.8 Å². The number of nitrogens with two attached hydrogens (primary N) is 1. The number of nitrogens with one attached hydrogen (secondary N) is 1. The van der Waals surface area contributed by atoms with Gasteiger partial charge in [-0.15, -0.1) is 0 Å². The average molecular weight is 524 g/mol. The third kappa shape index (κ3) is 5.15. The quantitative estimate of drug-likeness (QED) is 0.458. The van der Waals surface area contributed by atoms with Gasteiger partial charge >= 0.3 is 6.03 Å². The Kier molecular flexibility index (Phi) is 7.49.